The summed E-state index contributed by atoms with van der Waals surface area (Å²) in [5, 5.41) is 9.04. The highest BCUT2D eigenvalue weighted by Gasteiger charge is 2.25. The maximum atomic E-state index is 12.5. The smallest absolute Gasteiger partial charge is 0.251 e. The minimum absolute atomic E-state index is 0.00192. The Morgan fingerprint density at radius 3 is 1.69 bits per heavy atom. The number of nitrogens with one attached hydrogen (secondary N) is 3. The van der Waals surface area contributed by atoms with Crippen molar-refractivity contribution in [1.29, 1.82) is 0 Å². The van der Waals surface area contributed by atoms with Gasteiger partial charge in [-0.1, -0.05) is 28.1 Å². The minimum Gasteiger partial charge on any atom is -0.352 e. The van der Waals surface area contributed by atoms with E-state index in [9.17, 15) is 14.4 Å². The second-order valence-electron chi connectivity index (χ2n) is 12.1. The summed E-state index contributed by atoms with van der Waals surface area (Å²) in [7, 11) is 0. The third-order valence-corrected chi connectivity index (χ3v) is 9.15. The van der Waals surface area contributed by atoms with Crippen LogP contribution in [0, 0.1) is 33.6 Å². The predicted molar refractivity (Wildman–Crippen MR) is 171 cm³/mol. The highest BCUT2D eigenvalue weighted by Crippen LogP contribution is 2.30. The van der Waals surface area contributed by atoms with Crippen LogP contribution in [0.25, 0.3) is 11.1 Å². The van der Waals surface area contributed by atoms with E-state index in [2.05, 4.69) is 38.8 Å². The predicted octanol–water partition coefficient (Wildman–Crippen LogP) is 6.96. The molecule has 0 aromatic heterocycles. The molecular formula is C35H40BrN3O3. The number of benzene rings is 3. The van der Waals surface area contributed by atoms with Gasteiger partial charge in [-0.15, -0.1) is 0 Å². The number of aryl methyl sites for hydroxylation is 2. The fourth-order valence-electron chi connectivity index (χ4n) is 4.69. The lowest BCUT2D eigenvalue weighted by molar-refractivity contribution is 0.0942. The van der Waals surface area contributed by atoms with Crippen LogP contribution < -0.4 is 16.0 Å². The Bertz CT molecular complexity index is 1480. The molecule has 3 aliphatic rings. The molecule has 0 radical (unpaired) electrons. The molecule has 7 heteroatoms. The Morgan fingerprint density at radius 2 is 1.19 bits per heavy atom. The molecule has 3 saturated carbocycles. The first-order valence-electron chi connectivity index (χ1n) is 15.0. The summed E-state index contributed by atoms with van der Waals surface area (Å²) in [5.74, 6) is 0.696. The average molecular weight is 631 g/mol. The summed E-state index contributed by atoms with van der Waals surface area (Å²) in [6.07, 6.45) is 6.85. The van der Waals surface area contributed by atoms with Gasteiger partial charge in [0.25, 0.3) is 17.7 Å². The van der Waals surface area contributed by atoms with Crippen LogP contribution in [0.2, 0.25) is 0 Å². The largest absolute Gasteiger partial charge is 0.352 e. The molecule has 6 nitrogen and oxygen atoms in total. The van der Waals surface area contributed by atoms with E-state index < -0.39 is 0 Å². The lowest BCUT2D eigenvalue weighted by Crippen LogP contribution is -2.25. The molecular weight excluding hydrogens is 590 g/mol. The molecule has 0 saturated heterocycles. The molecule has 0 atom stereocenters. The molecule has 42 heavy (non-hydrogen) atoms. The monoisotopic (exact) mass is 629 g/mol. The van der Waals surface area contributed by atoms with Crippen LogP contribution in [0.4, 0.5) is 0 Å². The van der Waals surface area contributed by atoms with Gasteiger partial charge in [0, 0.05) is 39.8 Å². The van der Waals surface area contributed by atoms with Gasteiger partial charge in [-0.25, -0.2) is 0 Å². The topological polar surface area (TPSA) is 87.3 Å². The van der Waals surface area contributed by atoms with Crippen molar-refractivity contribution >= 4 is 33.7 Å². The van der Waals surface area contributed by atoms with E-state index in [1.165, 1.54) is 18.4 Å². The first-order valence-corrected chi connectivity index (χ1v) is 15.8. The molecule has 3 aromatic carbocycles. The number of amides is 3. The van der Waals surface area contributed by atoms with Crippen molar-refractivity contribution < 1.29 is 14.4 Å². The number of hydrogen-bond acceptors (Lipinski definition) is 3. The molecule has 3 amide bonds. The molecule has 3 fully saturated rings. The second kappa shape index (κ2) is 12.8. The van der Waals surface area contributed by atoms with Crippen LogP contribution in [0.1, 0.15) is 91.9 Å². The van der Waals surface area contributed by atoms with Gasteiger partial charge < -0.3 is 16.0 Å². The Balaban J connectivity index is 0.000000199. The molecule has 220 valence electrons. The number of carbonyl (C=O) groups excluding carboxylic acids is 3. The Labute approximate surface area is 257 Å². The Kier molecular flexibility index (Phi) is 9.16. The van der Waals surface area contributed by atoms with E-state index in [0.717, 1.165) is 70.1 Å². The molecule has 0 aliphatic heterocycles. The first kappa shape index (κ1) is 30.0. The second-order valence-corrected chi connectivity index (χ2v) is 12.9. The van der Waals surface area contributed by atoms with Crippen LogP contribution in [0.3, 0.4) is 0 Å². The molecule has 0 heterocycles. The van der Waals surface area contributed by atoms with E-state index in [-0.39, 0.29) is 17.7 Å². The van der Waals surface area contributed by atoms with E-state index >= 15 is 0 Å². The van der Waals surface area contributed by atoms with Crippen LogP contribution in [-0.4, -0.2) is 36.3 Å². The summed E-state index contributed by atoms with van der Waals surface area (Å²) in [5.41, 5.74) is 8.78. The third kappa shape index (κ3) is 7.88. The highest BCUT2D eigenvalue weighted by molar-refractivity contribution is 9.10. The van der Waals surface area contributed by atoms with Crippen molar-refractivity contribution in [2.75, 3.05) is 6.54 Å². The SMILES string of the molecule is Cc1cc(C(=O)NC2CC2)cc(-c2ccc(C(=O)NCC3CC3)cc2)c1C.Cc1cc(C(=O)NC2CC2)cc(Br)c1C. The number of carbonyl (C=O) groups is 3. The molecule has 0 unspecified atom stereocenters. The number of rotatable bonds is 8. The van der Waals surface area contributed by atoms with E-state index in [1.807, 2.05) is 69.3 Å². The maximum absolute atomic E-state index is 12.5. The van der Waals surface area contributed by atoms with Crippen LogP contribution >= 0.6 is 15.9 Å². The number of hydrogen-bond donors (Lipinski definition) is 3. The lowest BCUT2D eigenvalue weighted by atomic mass is 9.93. The van der Waals surface area contributed by atoms with E-state index in [4.69, 9.17) is 0 Å². The summed E-state index contributed by atoms with van der Waals surface area (Å²) < 4.78 is 1.00. The van der Waals surface area contributed by atoms with Gasteiger partial charge in [0.2, 0.25) is 0 Å². The van der Waals surface area contributed by atoms with Gasteiger partial charge in [-0.05, 0) is 142 Å². The van der Waals surface area contributed by atoms with Gasteiger partial charge in [-0.3, -0.25) is 14.4 Å². The number of halogens is 1. The molecule has 3 aliphatic carbocycles. The summed E-state index contributed by atoms with van der Waals surface area (Å²) in [4.78, 5) is 36.5. The summed E-state index contributed by atoms with van der Waals surface area (Å²) in [6.45, 7) is 8.95. The van der Waals surface area contributed by atoms with Crippen molar-refractivity contribution in [2.24, 2.45) is 5.92 Å². The minimum atomic E-state index is -0.0149. The molecule has 3 N–H and O–H groups in total. The highest BCUT2D eigenvalue weighted by atomic mass is 79.9. The van der Waals surface area contributed by atoms with Crippen molar-refractivity contribution in [3.05, 3.63) is 91.9 Å². The fraction of sp³-hybridized carbons (Fsp3) is 0.400. The Hall–Kier alpha value is -3.45. The zero-order valence-corrected chi connectivity index (χ0v) is 26.5. The maximum Gasteiger partial charge on any atom is 0.251 e. The third-order valence-electron chi connectivity index (χ3n) is 8.33. The van der Waals surface area contributed by atoms with Gasteiger partial charge >= 0.3 is 0 Å². The summed E-state index contributed by atoms with van der Waals surface area (Å²) in [6, 6.07) is 16.2. The quantitative estimate of drug-likeness (QED) is 0.252. The van der Waals surface area contributed by atoms with E-state index in [0.29, 0.717) is 29.1 Å². The zero-order valence-electron chi connectivity index (χ0n) is 24.9. The van der Waals surface area contributed by atoms with Crippen LogP contribution in [-0.2, 0) is 0 Å². The zero-order chi connectivity index (χ0) is 30.0. The van der Waals surface area contributed by atoms with Crippen LogP contribution in [0.5, 0.6) is 0 Å². The molecule has 3 aromatic rings. The van der Waals surface area contributed by atoms with Gasteiger partial charge in [0.1, 0.15) is 0 Å². The van der Waals surface area contributed by atoms with Crippen molar-refractivity contribution in [3.8, 4) is 11.1 Å². The van der Waals surface area contributed by atoms with Crippen LogP contribution in [0.15, 0.2) is 53.0 Å². The fourth-order valence-corrected chi connectivity index (χ4v) is 5.25. The van der Waals surface area contributed by atoms with Crippen molar-refractivity contribution in [3.63, 3.8) is 0 Å². The van der Waals surface area contributed by atoms with Crippen molar-refractivity contribution in [1.82, 2.24) is 16.0 Å². The van der Waals surface area contributed by atoms with Gasteiger partial charge in [0.05, 0.1) is 0 Å². The molecule has 0 spiro atoms. The Morgan fingerprint density at radius 1 is 0.667 bits per heavy atom. The summed E-state index contributed by atoms with van der Waals surface area (Å²) >= 11 is 3.47. The molecule has 6 rings (SSSR count). The van der Waals surface area contributed by atoms with Crippen molar-refractivity contribution in [2.45, 2.75) is 78.3 Å². The van der Waals surface area contributed by atoms with Gasteiger partial charge in [-0.2, -0.15) is 0 Å². The van der Waals surface area contributed by atoms with E-state index in [1.54, 1.807) is 0 Å². The van der Waals surface area contributed by atoms with Gasteiger partial charge in [0.15, 0.2) is 0 Å². The lowest BCUT2D eigenvalue weighted by Gasteiger charge is -2.13. The standard InChI is InChI=1S/C23H26N2O2.C12H14BrNO/c1-14-11-19(23(27)25-20-9-10-20)12-21(15(14)2)17-5-7-18(8-6-17)22(26)24-13-16-3-4-16;1-7-5-9(6-11(13)8(7)2)12(15)14-10-3-4-10/h5-8,11-12,16,20H,3-4,9-10,13H2,1-2H3,(H,24,26)(H,25,27);5-6,10H,3-4H2,1-2H3,(H,14,15). The average Bonchev–Trinajstić information content (AvgIpc) is 3.81. The normalized spacial score (nSPS) is 15.7. The first-order chi connectivity index (χ1) is 20.1. The molecule has 0 bridgehead atoms.